The molecule has 18 heavy (non-hydrogen) atoms. The van der Waals surface area contributed by atoms with Gasteiger partial charge in [0.2, 0.25) is 5.13 Å². The van der Waals surface area contributed by atoms with Crippen molar-refractivity contribution in [1.29, 1.82) is 0 Å². The van der Waals surface area contributed by atoms with Crippen LogP contribution in [0.2, 0.25) is 0 Å². The third-order valence-corrected chi connectivity index (χ3v) is 4.28. The zero-order valence-electron chi connectivity index (χ0n) is 10.1. The van der Waals surface area contributed by atoms with Gasteiger partial charge in [0.25, 0.3) is 0 Å². The number of nitrogens with one attached hydrogen (secondary N) is 1. The van der Waals surface area contributed by atoms with Crippen LogP contribution in [0.1, 0.15) is 37.4 Å². The van der Waals surface area contributed by atoms with Crippen LogP contribution in [-0.2, 0) is 0 Å². The minimum atomic E-state index is -0.430. The Labute approximate surface area is 110 Å². The van der Waals surface area contributed by atoms with Gasteiger partial charge in [0.15, 0.2) is 0 Å². The zero-order valence-corrected chi connectivity index (χ0v) is 10.9. The van der Waals surface area contributed by atoms with Crippen molar-refractivity contribution in [1.82, 2.24) is 14.7 Å². The molecule has 7 heteroatoms. The number of nitrogens with zero attached hydrogens (tertiary/aromatic N) is 3. The molecule has 6 nitrogen and oxygen atoms in total. The molecule has 98 valence electrons. The summed E-state index contributed by atoms with van der Waals surface area (Å²) in [5.74, 6) is 1.64. The van der Waals surface area contributed by atoms with E-state index in [1.165, 1.54) is 24.4 Å². The second-order valence-electron chi connectivity index (χ2n) is 4.98. The van der Waals surface area contributed by atoms with Crippen molar-refractivity contribution < 1.29 is 4.79 Å². The van der Waals surface area contributed by atoms with Crippen molar-refractivity contribution >= 4 is 22.7 Å². The summed E-state index contributed by atoms with van der Waals surface area (Å²) in [7, 11) is 0. The van der Waals surface area contributed by atoms with Gasteiger partial charge >= 0.3 is 6.03 Å². The van der Waals surface area contributed by atoms with Crippen LogP contribution in [0.4, 0.5) is 9.93 Å². The smallest absolute Gasteiger partial charge is 0.312 e. The second-order valence-corrected chi connectivity index (χ2v) is 5.71. The van der Waals surface area contributed by atoms with Gasteiger partial charge in [0.05, 0.1) is 0 Å². The highest BCUT2D eigenvalue weighted by atomic mass is 32.1. The number of hydrogen-bond acceptors (Lipinski definition) is 5. The molecule has 2 fully saturated rings. The molecule has 1 aliphatic carbocycles. The fraction of sp³-hybridized carbons (Fsp3) is 0.727. The van der Waals surface area contributed by atoms with Crippen molar-refractivity contribution in [2.24, 2.45) is 5.73 Å². The van der Waals surface area contributed by atoms with Crippen molar-refractivity contribution in [3.05, 3.63) is 5.82 Å². The molecule has 0 spiro atoms. The lowest BCUT2D eigenvalue weighted by atomic mass is 10.1. The molecule has 3 rings (SSSR count). The topological polar surface area (TPSA) is 84.1 Å². The van der Waals surface area contributed by atoms with Gasteiger partial charge in [-0.2, -0.15) is 4.37 Å². The van der Waals surface area contributed by atoms with Gasteiger partial charge in [-0.1, -0.05) is 0 Å². The third kappa shape index (κ3) is 2.55. The lowest BCUT2D eigenvalue weighted by Gasteiger charge is -2.31. The van der Waals surface area contributed by atoms with E-state index in [2.05, 4.69) is 19.6 Å². The number of carbonyl (C=O) groups excluding carboxylic acids is 1. The Morgan fingerprint density at radius 3 is 2.67 bits per heavy atom. The number of amides is 2. The molecule has 1 aliphatic heterocycles. The van der Waals surface area contributed by atoms with E-state index < -0.39 is 6.03 Å². The van der Waals surface area contributed by atoms with Gasteiger partial charge in [-0.15, -0.1) is 0 Å². The first-order valence-electron chi connectivity index (χ1n) is 6.37. The van der Waals surface area contributed by atoms with E-state index in [-0.39, 0.29) is 6.04 Å². The summed E-state index contributed by atoms with van der Waals surface area (Å²) in [6.07, 6.45) is 4.31. The molecule has 0 bridgehead atoms. The molecule has 0 atom stereocenters. The van der Waals surface area contributed by atoms with Gasteiger partial charge in [-0.3, -0.25) is 0 Å². The summed E-state index contributed by atoms with van der Waals surface area (Å²) in [5.41, 5.74) is 5.13. The lowest BCUT2D eigenvalue weighted by Crippen LogP contribution is -2.46. The fourth-order valence-corrected chi connectivity index (χ4v) is 3.08. The lowest BCUT2D eigenvalue weighted by molar-refractivity contribution is 0.242. The van der Waals surface area contributed by atoms with Gasteiger partial charge in [-0.05, 0) is 25.7 Å². The Morgan fingerprint density at radius 1 is 1.33 bits per heavy atom. The van der Waals surface area contributed by atoms with Crippen LogP contribution in [0.3, 0.4) is 0 Å². The highest BCUT2D eigenvalue weighted by Crippen LogP contribution is 2.39. The normalized spacial score (nSPS) is 21.0. The Hall–Kier alpha value is -1.37. The predicted octanol–water partition coefficient (Wildman–Crippen LogP) is 1.05. The number of rotatable bonds is 3. The fourth-order valence-electron chi connectivity index (χ4n) is 2.28. The third-order valence-electron chi connectivity index (χ3n) is 3.49. The van der Waals surface area contributed by atoms with Gasteiger partial charge in [0.1, 0.15) is 5.82 Å². The molecule has 2 heterocycles. The van der Waals surface area contributed by atoms with Crippen molar-refractivity contribution in [2.45, 2.75) is 37.6 Å². The molecule has 1 aromatic heterocycles. The average Bonchev–Trinajstić information content (AvgIpc) is 3.08. The van der Waals surface area contributed by atoms with Gasteiger partial charge in [-0.25, -0.2) is 9.78 Å². The number of urea groups is 1. The molecule has 0 aromatic carbocycles. The number of anilines is 1. The molecule has 2 amide bonds. The van der Waals surface area contributed by atoms with Crippen LogP contribution in [0.15, 0.2) is 0 Å². The standard InChI is InChI=1S/C11H17N5OS/c12-10(17)13-8-3-5-16(6-4-8)11-14-9(15-18-11)7-1-2-7/h7-8H,1-6H2,(H3,12,13,17). The maximum Gasteiger partial charge on any atom is 0.312 e. The number of primary amides is 1. The maximum atomic E-state index is 10.8. The first-order chi connectivity index (χ1) is 8.72. The molecular formula is C11H17N5OS. The van der Waals surface area contributed by atoms with Crippen molar-refractivity contribution in [3.63, 3.8) is 0 Å². The average molecular weight is 267 g/mol. The van der Waals surface area contributed by atoms with Crippen molar-refractivity contribution in [3.8, 4) is 0 Å². The number of piperidine rings is 1. The largest absolute Gasteiger partial charge is 0.352 e. The second kappa shape index (κ2) is 4.72. The van der Waals surface area contributed by atoms with Gasteiger partial charge < -0.3 is 16.0 Å². The van der Waals surface area contributed by atoms with Crippen LogP contribution in [-0.4, -0.2) is 34.5 Å². The number of nitrogens with two attached hydrogens (primary N) is 1. The molecule has 0 unspecified atom stereocenters. The summed E-state index contributed by atoms with van der Waals surface area (Å²) in [4.78, 5) is 17.6. The Bertz CT molecular complexity index is 436. The number of aromatic nitrogens is 2. The highest BCUT2D eigenvalue weighted by molar-refractivity contribution is 7.09. The molecule has 0 radical (unpaired) electrons. The molecule has 1 saturated carbocycles. The SMILES string of the molecule is NC(=O)NC1CCN(c2nc(C3CC3)ns2)CC1. The first kappa shape index (κ1) is 11.7. The predicted molar refractivity (Wildman–Crippen MR) is 69.8 cm³/mol. The summed E-state index contributed by atoms with van der Waals surface area (Å²) in [6.45, 7) is 1.81. The molecule has 1 aromatic rings. The summed E-state index contributed by atoms with van der Waals surface area (Å²) >= 11 is 1.49. The summed E-state index contributed by atoms with van der Waals surface area (Å²) < 4.78 is 4.42. The number of carbonyl (C=O) groups is 1. The minimum absolute atomic E-state index is 0.203. The van der Waals surface area contributed by atoms with E-state index in [0.29, 0.717) is 5.92 Å². The van der Waals surface area contributed by atoms with E-state index in [9.17, 15) is 4.79 Å². The van der Waals surface area contributed by atoms with Gasteiger partial charge in [0, 0.05) is 36.6 Å². The van der Waals surface area contributed by atoms with Crippen LogP contribution in [0, 0.1) is 0 Å². The van der Waals surface area contributed by atoms with E-state index in [0.717, 1.165) is 36.9 Å². The van der Waals surface area contributed by atoms with Crippen molar-refractivity contribution in [2.75, 3.05) is 18.0 Å². The molecular weight excluding hydrogens is 250 g/mol. The monoisotopic (exact) mass is 267 g/mol. The van der Waals surface area contributed by atoms with Crippen LogP contribution in [0.25, 0.3) is 0 Å². The van der Waals surface area contributed by atoms with Crippen LogP contribution in [0.5, 0.6) is 0 Å². The quantitative estimate of drug-likeness (QED) is 0.857. The highest BCUT2D eigenvalue weighted by Gasteiger charge is 2.29. The summed E-state index contributed by atoms with van der Waals surface area (Å²) in [6, 6.07) is -0.227. The number of hydrogen-bond donors (Lipinski definition) is 2. The summed E-state index contributed by atoms with van der Waals surface area (Å²) in [5, 5.41) is 3.79. The van der Waals surface area contributed by atoms with E-state index in [1.54, 1.807) is 0 Å². The van der Waals surface area contributed by atoms with Crippen LogP contribution >= 0.6 is 11.5 Å². The molecule has 1 saturated heterocycles. The van der Waals surface area contributed by atoms with E-state index in [1.807, 2.05) is 0 Å². The minimum Gasteiger partial charge on any atom is -0.352 e. The Balaban J connectivity index is 1.56. The van der Waals surface area contributed by atoms with E-state index in [4.69, 9.17) is 5.73 Å². The van der Waals surface area contributed by atoms with Crippen LogP contribution < -0.4 is 16.0 Å². The maximum absolute atomic E-state index is 10.8. The van der Waals surface area contributed by atoms with E-state index >= 15 is 0 Å². The molecule has 2 aliphatic rings. The first-order valence-corrected chi connectivity index (χ1v) is 7.14. The zero-order chi connectivity index (χ0) is 12.5. The Kier molecular flexibility index (Phi) is 3.07. The Morgan fingerprint density at radius 2 is 2.06 bits per heavy atom. The molecule has 3 N–H and O–H groups in total.